The first-order chi connectivity index (χ1) is 13.2. The molecular formula is C18H19N7OS. The first-order valence-electron chi connectivity index (χ1n) is 9.06. The molecule has 0 bridgehead atoms. The van der Waals surface area contributed by atoms with Crippen molar-refractivity contribution < 1.29 is 0 Å². The van der Waals surface area contributed by atoms with Gasteiger partial charge in [0.1, 0.15) is 11.6 Å². The van der Waals surface area contributed by atoms with Crippen molar-refractivity contribution >= 4 is 28.4 Å². The Morgan fingerprint density at radius 2 is 1.96 bits per heavy atom. The molecule has 1 saturated carbocycles. The van der Waals surface area contributed by atoms with Gasteiger partial charge in [0.2, 0.25) is 5.78 Å². The van der Waals surface area contributed by atoms with Gasteiger partial charge in [0.25, 0.3) is 5.56 Å². The predicted octanol–water partition coefficient (Wildman–Crippen LogP) is 2.36. The highest BCUT2D eigenvalue weighted by molar-refractivity contribution is 7.98. The summed E-state index contributed by atoms with van der Waals surface area (Å²) in [6.07, 6.45) is 2.41. The molecule has 3 heterocycles. The monoisotopic (exact) mass is 381 g/mol. The second-order valence-electron chi connectivity index (χ2n) is 6.78. The topological polar surface area (TPSA) is 82.9 Å². The molecule has 4 aromatic rings. The number of thioether (sulfide) groups is 1. The first-order valence-corrected chi connectivity index (χ1v) is 10.0. The van der Waals surface area contributed by atoms with Crippen LogP contribution in [0.15, 0.2) is 34.2 Å². The molecule has 1 aliphatic rings. The first kappa shape index (κ1) is 16.5. The van der Waals surface area contributed by atoms with Crippen molar-refractivity contribution in [3.8, 4) is 0 Å². The zero-order chi connectivity index (χ0) is 18.5. The molecule has 0 unspecified atom stereocenters. The highest BCUT2D eigenvalue weighted by Crippen LogP contribution is 2.40. The third kappa shape index (κ3) is 2.56. The summed E-state index contributed by atoms with van der Waals surface area (Å²) in [5.41, 5.74) is 0.760. The van der Waals surface area contributed by atoms with E-state index in [-0.39, 0.29) is 5.56 Å². The van der Waals surface area contributed by atoms with Crippen LogP contribution in [0.2, 0.25) is 0 Å². The molecule has 3 aromatic heterocycles. The molecule has 1 aliphatic carbocycles. The Kier molecular flexibility index (Phi) is 3.78. The number of aryl methyl sites for hydroxylation is 1. The van der Waals surface area contributed by atoms with Crippen molar-refractivity contribution in [1.82, 2.24) is 33.9 Å². The summed E-state index contributed by atoms with van der Waals surface area (Å²) < 4.78 is 5.70. The fourth-order valence-corrected chi connectivity index (χ4v) is 4.38. The third-order valence-corrected chi connectivity index (χ3v) is 5.99. The maximum atomic E-state index is 12.5. The largest absolute Gasteiger partial charge is 0.306 e. The summed E-state index contributed by atoms with van der Waals surface area (Å²) in [7, 11) is 1.73. The maximum absolute atomic E-state index is 12.5. The minimum absolute atomic E-state index is 0.0653. The van der Waals surface area contributed by atoms with E-state index in [1.165, 1.54) is 12.8 Å². The van der Waals surface area contributed by atoms with Crippen LogP contribution in [0.3, 0.4) is 0 Å². The van der Waals surface area contributed by atoms with E-state index < -0.39 is 0 Å². The van der Waals surface area contributed by atoms with Crippen molar-refractivity contribution in [1.29, 1.82) is 0 Å². The van der Waals surface area contributed by atoms with Gasteiger partial charge in [0.15, 0.2) is 5.16 Å². The van der Waals surface area contributed by atoms with E-state index in [1.54, 1.807) is 23.4 Å². The molecule has 0 aliphatic heterocycles. The van der Waals surface area contributed by atoms with E-state index in [0.717, 1.165) is 28.9 Å². The lowest BCUT2D eigenvalue weighted by Gasteiger charge is -2.08. The lowest BCUT2D eigenvalue weighted by atomic mass is 10.2. The normalized spacial score (nSPS) is 14.4. The van der Waals surface area contributed by atoms with Gasteiger partial charge in [0, 0.05) is 19.5 Å². The van der Waals surface area contributed by atoms with Crippen LogP contribution < -0.4 is 5.56 Å². The summed E-state index contributed by atoms with van der Waals surface area (Å²) in [5.74, 6) is 3.61. The fourth-order valence-electron chi connectivity index (χ4n) is 3.46. The molecule has 27 heavy (non-hydrogen) atoms. The number of para-hydroxylation sites is 1. The second kappa shape index (κ2) is 6.19. The molecule has 5 rings (SSSR count). The average molecular weight is 381 g/mol. The predicted molar refractivity (Wildman–Crippen MR) is 103 cm³/mol. The quantitative estimate of drug-likeness (QED) is 0.494. The van der Waals surface area contributed by atoms with Gasteiger partial charge in [-0.15, -0.1) is 20.4 Å². The van der Waals surface area contributed by atoms with Crippen LogP contribution in [0.1, 0.15) is 37.3 Å². The molecule has 0 saturated heterocycles. The highest BCUT2D eigenvalue weighted by Gasteiger charge is 2.30. The van der Waals surface area contributed by atoms with Crippen LogP contribution in [-0.4, -0.2) is 33.9 Å². The average Bonchev–Trinajstić information content (AvgIpc) is 3.31. The summed E-state index contributed by atoms with van der Waals surface area (Å²) in [5, 5.41) is 18.9. The molecule has 8 nitrogen and oxygen atoms in total. The van der Waals surface area contributed by atoms with Gasteiger partial charge >= 0.3 is 0 Å². The van der Waals surface area contributed by atoms with Gasteiger partial charge in [-0.1, -0.05) is 23.9 Å². The highest BCUT2D eigenvalue weighted by atomic mass is 32.2. The molecule has 0 radical (unpaired) electrons. The van der Waals surface area contributed by atoms with E-state index in [9.17, 15) is 4.79 Å². The summed E-state index contributed by atoms with van der Waals surface area (Å²) in [6.45, 7) is 2.98. The molecule has 0 atom stereocenters. The van der Waals surface area contributed by atoms with Crippen molar-refractivity contribution in [3.05, 3.63) is 46.3 Å². The minimum Gasteiger partial charge on any atom is -0.306 e. The van der Waals surface area contributed by atoms with Crippen LogP contribution in [0.5, 0.6) is 0 Å². The number of fused-ring (bicyclic) bond motifs is 3. The number of hydrogen-bond acceptors (Lipinski definition) is 6. The van der Waals surface area contributed by atoms with Crippen molar-refractivity contribution in [2.24, 2.45) is 7.05 Å². The van der Waals surface area contributed by atoms with Crippen LogP contribution in [0.4, 0.5) is 0 Å². The van der Waals surface area contributed by atoms with Gasteiger partial charge in [-0.2, -0.15) is 0 Å². The van der Waals surface area contributed by atoms with E-state index in [4.69, 9.17) is 0 Å². The fraction of sp³-hybridized carbons (Fsp3) is 0.389. The Morgan fingerprint density at radius 1 is 1.15 bits per heavy atom. The van der Waals surface area contributed by atoms with Crippen LogP contribution in [0, 0.1) is 0 Å². The maximum Gasteiger partial charge on any atom is 0.262 e. The Bertz CT molecular complexity index is 1220. The number of rotatable bonds is 5. The van der Waals surface area contributed by atoms with E-state index in [1.807, 2.05) is 28.7 Å². The van der Waals surface area contributed by atoms with Crippen molar-refractivity contribution in [2.75, 3.05) is 0 Å². The molecule has 1 aromatic carbocycles. The number of nitrogens with zero attached hydrogens (tertiary/aromatic N) is 7. The van der Waals surface area contributed by atoms with Crippen molar-refractivity contribution in [2.45, 2.75) is 43.1 Å². The molecule has 0 amide bonds. The number of benzene rings is 1. The minimum atomic E-state index is -0.0653. The van der Waals surface area contributed by atoms with Crippen molar-refractivity contribution in [3.63, 3.8) is 0 Å². The standard InChI is InChI=1S/C18H19N7OS/c1-3-24-15(11-8-9-11)20-22-18(24)27-10-14-19-21-17-23(2)16(26)12-6-4-5-7-13(12)25(14)17/h4-7,11H,3,8-10H2,1-2H3. The number of hydrogen-bond donors (Lipinski definition) is 0. The van der Waals surface area contributed by atoms with E-state index in [0.29, 0.717) is 22.8 Å². The van der Waals surface area contributed by atoms with Gasteiger partial charge in [-0.25, -0.2) is 0 Å². The zero-order valence-electron chi connectivity index (χ0n) is 15.2. The Labute approximate surface area is 159 Å². The van der Waals surface area contributed by atoms with Gasteiger partial charge in [-0.05, 0) is 31.9 Å². The van der Waals surface area contributed by atoms with Gasteiger partial charge < -0.3 is 4.57 Å². The smallest absolute Gasteiger partial charge is 0.262 e. The van der Waals surface area contributed by atoms with Crippen LogP contribution >= 0.6 is 11.8 Å². The van der Waals surface area contributed by atoms with Gasteiger partial charge in [-0.3, -0.25) is 13.8 Å². The van der Waals surface area contributed by atoms with Crippen LogP contribution in [-0.2, 0) is 19.3 Å². The SMILES string of the molecule is CCn1c(SCc2nnc3n(C)c(=O)c4ccccc4n23)nnc1C1CC1. The van der Waals surface area contributed by atoms with Gasteiger partial charge in [0.05, 0.1) is 16.7 Å². The van der Waals surface area contributed by atoms with E-state index in [2.05, 4.69) is 31.9 Å². The third-order valence-electron chi connectivity index (χ3n) is 5.03. The molecule has 0 N–H and O–H groups in total. The summed E-state index contributed by atoms with van der Waals surface area (Å²) in [4.78, 5) is 12.5. The molecule has 138 valence electrons. The number of aromatic nitrogens is 7. The summed E-state index contributed by atoms with van der Waals surface area (Å²) in [6, 6.07) is 7.57. The molecule has 9 heteroatoms. The zero-order valence-corrected chi connectivity index (χ0v) is 16.0. The van der Waals surface area contributed by atoms with Crippen LogP contribution in [0.25, 0.3) is 16.7 Å². The second-order valence-corrected chi connectivity index (χ2v) is 7.72. The Hall–Kier alpha value is -2.68. The lowest BCUT2D eigenvalue weighted by molar-refractivity contribution is 0.643. The molecule has 0 spiro atoms. The Balaban J connectivity index is 1.56. The summed E-state index contributed by atoms with van der Waals surface area (Å²) >= 11 is 1.61. The van der Waals surface area contributed by atoms with E-state index >= 15 is 0 Å². The molecular weight excluding hydrogens is 362 g/mol. The Morgan fingerprint density at radius 3 is 2.74 bits per heavy atom. The molecule has 1 fully saturated rings. The lowest BCUT2D eigenvalue weighted by Crippen LogP contribution is -2.20.